The molecule has 0 aliphatic rings. The van der Waals surface area contributed by atoms with Gasteiger partial charge in [0.25, 0.3) is 10.0 Å². The van der Waals surface area contributed by atoms with E-state index in [0.717, 1.165) is 21.0 Å². The highest BCUT2D eigenvalue weighted by Gasteiger charge is 2.35. The number of amides is 2. The number of nitrogens with one attached hydrogen (secondary N) is 1. The second-order valence-electron chi connectivity index (χ2n) is 10.6. The summed E-state index contributed by atoms with van der Waals surface area (Å²) in [6, 6.07) is 24.2. The molecule has 0 radical (unpaired) electrons. The number of anilines is 1. The molecule has 7 nitrogen and oxygen atoms in total. The number of aryl methyl sites for hydroxylation is 2. The number of hydrogen-bond acceptors (Lipinski definition) is 4. The lowest BCUT2D eigenvalue weighted by Crippen LogP contribution is -2.53. The van der Waals surface area contributed by atoms with Crippen LogP contribution < -0.4 is 9.62 Å². The maximum absolute atomic E-state index is 14.5. The van der Waals surface area contributed by atoms with Crippen LogP contribution in [-0.2, 0) is 32.6 Å². The minimum absolute atomic E-state index is 0.0326. The van der Waals surface area contributed by atoms with E-state index in [0.29, 0.717) is 32.9 Å². The topological polar surface area (TPSA) is 86.8 Å². The van der Waals surface area contributed by atoms with Gasteiger partial charge in [0.05, 0.1) is 10.6 Å². The largest absolute Gasteiger partial charge is 0.355 e. The average molecular weight is 687 g/mol. The van der Waals surface area contributed by atoms with E-state index in [1.807, 2.05) is 44.2 Å². The van der Waals surface area contributed by atoms with Gasteiger partial charge < -0.3 is 10.2 Å². The Morgan fingerprint density at radius 2 is 1.49 bits per heavy atom. The zero-order valence-electron chi connectivity index (χ0n) is 25.1. The molecular weight excluding hydrogens is 653 g/mol. The van der Waals surface area contributed by atoms with Gasteiger partial charge in [-0.15, -0.1) is 0 Å². The van der Waals surface area contributed by atoms with Crippen molar-refractivity contribution < 1.29 is 18.0 Å². The molecule has 236 valence electrons. The number of sulfonamides is 1. The number of benzene rings is 4. The monoisotopic (exact) mass is 685 g/mol. The molecule has 1 N–H and O–H groups in total. The van der Waals surface area contributed by atoms with Crippen LogP contribution in [0.5, 0.6) is 0 Å². The lowest BCUT2D eigenvalue weighted by Gasteiger charge is -2.34. The van der Waals surface area contributed by atoms with E-state index >= 15 is 0 Å². The van der Waals surface area contributed by atoms with Crippen LogP contribution in [0.2, 0.25) is 15.1 Å². The fourth-order valence-electron chi connectivity index (χ4n) is 4.82. The number of carbonyl (C=O) groups excluding carboxylic acids is 2. The lowest BCUT2D eigenvalue weighted by molar-refractivity contribution is -0.140. The normalized spacial score (nSPS) is 12.0. The molecule has 4 rings (SSSR count). The smallest absolute Gasteiger partial charge is 0.264 e. The van der Waals surface area contributed by atoms with Crippen LogP contribution in [-0.4, -0.2) is 44.3 Å². The average Bonchev–Trinajstić information content (AvgIpc) is 3.00. The Balaban J connectivity index is 1.83. The van der Waals surface area contributed by atoms with Crippen LogP contribution in [0.4, 0.5) is 5.69 Å². The first kappa shape index (κ1) is 34.3. The van der Waals surface area contributed by atoms with Crippen molar-refractivity contribution in [2.75, 3.05) is 17.4 Å². The quantitative estimate of drug-likeness (QED) is 0.170. The fraction of sp³-hybridized carbons (Fsp3) is 0.235. The number of halogens is 3. The van der Waals surface area contributed by atoms with Crippen LogP contribution in [0.25, 0.3) is 0 Å². The number of likely N-dealkylation sites (N-methyl/N-ethyl adjacent to an activating group) is 1. The van der Waals surface area contributed by atoms with Crippen molar-refractivity contribution in [3.63, 3.8) is 0 Å². The summed E-state index contributed by atoms with van der Waals surface area (Å²) < 4.78 is 29.4. The lowest BCUT2D eigenvalue weighted by atomic mass is 10.0. The van der Waals surface area contributed by atoms with Crippen molar-refractivity contribution in [2.24, 2.45) is 0 Å². The molecule has 0 heterocycles. The minimum atomic E-state index is -4.25. The SMILES string of the molecule is CCNC(=O)C(Cc1ccccc1)N(Cc1ccc(Cl)cc1Cl)C(=O)CN(c1ccc(C)c(C)c1)S(=O)(=O)c1ccc(Cl)cc1. The summed E-state index contributed by atoms with van der Waals surface area (Å²) in [7, 11) is -4.25. The predicted octanol–water partition coefficient (Wildman–Crippen LogP) is 7.24. The van der Waals surface area contributed by atoms with Gasteiger partial charge >= 0.3 is 0 Å². The van der Waals surface area contributed by atoms with Crippen molar-refractivity contribution in [1.82, 2.24) is 10.2 Å². The van der Waals surface area contributed by atoms with E-state index in [1.54, 1.807) is 43.3 Å². The van der Waals surface area contributed by atoms with E-state index in [2.05, 4.69) is 5.32 Å². The zero-order valence-corrected chi connectivity index (χ0v) is 28.2. The molecule has 0 fully saturated rings. The first-order chi connectivity index (χ1) is 21.4. The Hall–Kier alpha value is -3.56. The molecule has 0 aliphatic carbocycles. The van der Waals surface area contributed by atoms with Crippen molar-refractivity contribution in [3.05, 3.63) is 128 Å². The number of rotatable bonds is 12. The molecule has 4 aromatic rings. The van der Waals surface area contributed by atoms with Crippen molar-refractivity contribution in [3.8, 4) is 0 Å². The van der Waals surface area contributed by atoms with Gasteiger partial charge in [-0.2, -0.15) is 0 Å². The van der Waals surface area contributed by atoms with Crippen LogP contribution in [0, 0.1) is 13.8 Å². The van der Waals surface area contributed by atoms with E-state index < -0.39 is 28.5 Å². The Kier molecular flexibility index (Phi) is 11.6. The molecule has 0 spiro atoms. The summed E-state index contributed by atoms with van der Waals surface area (Å²) in [5.41, 5.74) is 3.50. The fourth-order valence-corrected chi connectivity index (χ4v) is 6.82. The molecule has 0 saturated heterocycles. The van der Waals surface area contributed by atoms with E-state index in [-0.39, 0.29) is 23.8 Å². The Bertz CT molecular complexity index is 1770. The molecule has 0 saturated carbocycles. The van der Waals surface area contributed by atoms with Crippen LogP contribution >= 0.6 is 34.8 Å². The van der Waals surface area contributed by atoms with Crippen molar-refractivity contribution in [2.45, 2.75) is 44.7 Å². The predicted molar refractivity (Wildman–Crippen MR) is 182 cm³/mol. The van der Waals surface area contributed by atoms with Crippen molar-refractivity contribution >= 4 is 62.3 Å². The molecule has 4 aromatic carbocycles. The highest BCUT2D eigenvalue weighted by molar-refractivity contribution is 7.92. The highest BCUT2D eigenvalue weighted by atomic mass is 35.5. The van der Waals surface area contributed by atoms with Crippen molar-refractivity contribution in [1.29, 1.82) is 0 Å². The van der Waals surface area contributed by atoms with Gasteiger partial charge in [-0.3, -0.25) is 13.9 Å². The summed E-state index contributed by atoms with van der Waals surface area (Å²) in [6.45, 7) is 5.27. The van der Waals surface area contributed by atoms with E-state index in [1.165, 1.54) is 29.2 Å². The van der Waals surface area contributed by atoms with Gasteiger partial charge in [0.15, 0.2) is 0 Å². The second kappa shape index (κ2) is 15.1. The van der Waals surface area contributed by atoms with Gasteiger partial charge in [-0.05, 0) is 91.6 Å². The van der Waals surface area contributed by atoms with E-state index in [4.69, 9.17) is 34.8 Å². The van der Waals surface area contributed by atoms with Gasteiger partial charge in [0, 0.05) is 34.6 Å². The molecule has 0 aromatic heterocycles. The first-order valence-electron chi connectivity index (χ1n) is 14.3. The Morgan fingerprint density at radius 1 is 0.822 bits per heavy atom. The first-order valence-corrected chi connectivity index (χ1v) is 16.9. The van der Waals surface area contributed by atoms with E-state index in [9.17, 15) is 18.0 Å². The van der Waals surface area contributed by atoms with Gasteiger partial charge in [-0.25, -0.2) is 8.42 Å². The third-order valence-corrected chi connectivity index (χ3v) is 10.1. The molecule has 45 heavy (non-hydrogen) atoms. The molecule has 1 unspecified atom stereocenters. The van der Waals surface area contributed by atoms with Gasteiger partial charge in [0.2, 0.25) is 11.8 Å². The highest BCUT2D eigenvalue weighted by Crippen LogP contribution is 2.29. The van der Waals surface area contributed by atoms with Crippen LogP contribution in [0.1, 0.15) is 29.2 Å². The molecule has 2 amide bonds. The van der Waals surface area contributed by atoms with Crippen LogP contribution in [0.15, 0.2) is 95.9 Å². The summed E-state index contributed by atoms with van der Waals surface area (Å²) in [6.07, 6.45) is 0.192. The third kappa shape index (κ3) is 8.58. The number of hydrogen-bond donors (Lipinski definition) is 1. The molecule has 0 bridgehead atoms. The molecular formula is C34H34Cl3N3O4S. The van der Waals surface area contributed by atoms with Gasteiger partial charge in [-0.1, -0.05) is 77.3 Å². The third-order valence-electron chi connectivity index (χ3n) is 7.44. The zero-order chi connectivity index (χ0) is 32.7. The molecule has 0 aliphatic heterocycles. The summed E-state index contributed by atoms with van der Waals surface area (Å²) in [5, 5.41) is 3.95. The number of nitrogens with zero attached hydrogens (tertiary/aromatic N) is 2. The Morgan fingerprint density at radius 3 is 2.11 bits per heavy atom. The molecule has 1 atom stereocenters. The molecule has 11 heteroatoms. The van der Waals surface area contributed by atoms with Crippen LogP contribution in [0.3, 0.4) is 0 Å². The summed E-state index contributed by atoms with van der Waals surface area (Å²) in [4.78, 5) is 29.4. The number of carbonyl (C=O) groups is 2. The standard InChI is InChI=1S/C34H34Cl3N3O4S/c1-4-38-34(42)32(19-25-8-6-5-7-9-25)39(21-26-11-12-28(36)20-31(26)37)33(41)22-40(29-15-10-23(2)24(3)18-29)45(43,44)30-16-13-27(35)14-17-30/h5-18,20,32H,4,19,21-22H2,1-3H3,(H,38,42). The second-order valence-corrected chi connectivity index (χ2v) is 13.7. The summed E-state index contributed by atoms with van der Waals surface area (Å²) in [5.74, 6) is -0.970. The maximum Gasteiger partial charge on any atom is 0.264 e. The maximum atomic E-state index is 14.5. The Labute approximate surface area is 279 Å². The minimum Gasteiger partial charge on any atom is -0.355 e. The van der Waals surface area contributed by atoms with Gasteiger partial charge in [0.1, 0.15) is 12.6 Å². The summed E-state index contributed by atoms with van der Waals surface area (Å²) >= 11 is 18.7.